The summed E-state index contributed by atoms with van der Waals surface area (Å²) in [5, 5.41) is 20.7. The first-order chi connectivity index (χ1) is 14.5. The van der Waals surface area contributed by atoms with Crippen LogP contribution in [0.5, 0.6) is 23.0 Å². The average molecular weight is 403 g/mol. The second kappa shape index (κ2) is 8.03. The molecule has 0 fully saturated rings. The molecular weight excluding hydrogens is 378 g/mol. The van der Waals surface area contributed by atoms with E-state index in [0.717, 1.165) is 39.0 Å². The zero-order valence-corrected chi connectivity index (χ0v) is 17.3. The summed E-state index contributed by atoms with van der Waals surface area (Å²) in [7, 11) is 1.64. The van der Waals surface area contributed by atoms with Gasteiger partial charge >= 0.3 is 0 Å². The number of fused-ring (bicyclic) bond motifs is 1. The van der Waals surface area contributed by atoms with Crippen LogP contribution in [-0.4, -0.2) is 28.5 Å². The van der Waals surface area contributed by atoms with E-state index >= 15 is 0 Å². The van der Waals surface area contributed by atoms with Crippen molar-refractivity contribution in [2.45, 2.75) is 20.4 Å². The van der Waals surface area contributed by atoms with Gasteiger partial charge in [0, 0.05) is 17.4 Å². The third-order valence-electron chi connectivity index (χ3n) is 5.31. The van der Waals surface area contributed by atoms with E-state index in [1.54, 1.807) is 31.4 Å². The second-order valence-electron chi connectivity index (χ2n) is 7.23. The molecule has 0 amide bonds. The van der Waals surface area contributed by atoms with Gasteiger partial charge in [-0.15, -0.1) is 0 Å². The number of methoxy groups -OCH3 is 1. The molecule has 0 unspecified atom stereocenters. The summed E-state index contributed by atoms with van der Waals surface area (Å²) in [5.74, 6) is 1.89. The second-order valence-corrected chi connectivity index (χ2v) is 7.23. The van der Waals surface area contributed by atoms with Gasteiger partial charge in [0.15, 0.2) is 11.5 Å². The maximum absolute atomic E-state index is 10.0. The summed E-state index contributed by atoms with van der Waals surface area (Å²) >= 11 is 0. The van der Waals surface area contributed by atoms with Crippen LogP contribution < -0.4 is 9.47 Å². The third-order valence-corrected chi connectivity index (χ3v) is 5.31. The minimum atomic E-state index is 0.230. The molecule has 0 aliphatic heterocycles. The lowest BCUT2D eigenvalue weighted by Crippen LogP contribution is -2.03. The lowest BCUT2D eigenvalue weighted by molar-refractivity contribution is 0.310. The van der Waals surface area contributed by atoms with Crippen molar-refractivity contribution in [3.8, 4) is 34.3 Å². The average Bonchev–Trinajstić information content (AvgIpc) is 3.01. The number of ether oxygens (including phenoxy) is 2. The topological polar surface area (TPSA) is 63.9 Å². The Morgan fingerprint density at radius 1 is 0.867 bits per heavy atom. The number of rotatable bonds is 6. The number of hydrogen-bond acceptors (Lipinski definition) is 4. The van der Waals surface area contributed by atoms with Gasteiger partial charge in [-0.1, -0.05) is 6.07 Å². The molecule has 5 heteroatoms. The number of aryl methyl sites for hydroxylation is 1. The standard InChI is InChI=1S/C25H25NO4/c1-4-30-23-12-5-17(13-24(23)29-3)15-26-22-11-10-20(28)14-21(22)16(2)25(26)18-6-8-19(27)9-7-18/h5-14,27-28H,4,15H2,1-3H3. The Morgan fingerprint density at radius 2 is 1.60 bits per heavy atom. The van der Waals surface area contributed by atoms with Crippen molar-refractivity contribution in [3.63, 3.8) is 0 Å². The fourth-order valence-electron chi connectivity index (χ4n) is 3.93. The molecule has 1 aromatic heterocycles. The van der Waals surface area contributed by atoms with E-state index in [9.17, 15) is 10.2 Å². The zero-order chi connectivity index (χ0) is 21.3. The van der Waals surface area contributed by atoms with Crippen LogP contribution in [0.3, 0.4) is 0 Å². The lowest BCUT2D eigenvalue weighted by Gasteiger charge is -2.15. The van der Waals surface area contributed by atoms with E-state index in [1.165, 1.54) is 0 Å². The number of phenolic OH excluding ortho intramolecular Hbond substituents is 2. The molecule has 1 heterocycles. The number of benzene rings is 3. The summed E-state index contributed by atoms with van der Waals surface area (Å²) in [5.41, 5.74) is 5.22. The SMILES string of the molecule is CCOc1ccc(Cn2c(-c3ccc(O)cc3)c(C)c3cc(O)ccc32)cc1OC. The number of hydrogen-bond donors (Lipinski definition) is 2. The van der Waals surface area contributed by atoms with Gasteiger partial charge in [0.05, 0.1) is 19.4 Å². The van der Waals surface area contributed by atoms with E-state index in [4.69, 9.17) is 9.47 Å². The highest BCUT2D eigenvalue weighted by molar-refractivity contribution is 5.92. The van der Waals surface area contributed by atoms with Crippen LogP contribution >= 0.6 is 0 Å². The van der Waals surface area contributed by atoms with Gasteiger partial charge in [0.25, 0.3) is 0 Å². The van der Waals surface area contributed by atoms with Gasteiger partial charge in [-0.05, 0) is 85.1 Å². The van der Waals surface area contributed by atoms with E-state index in [0.29, 0.717) is 18.9 Å². The third kappa shape index (κ3) is 3.54. The van der Waals surface area contributed by atoms with Crippen molar-refractivity contribution in [1.82, 2.24) is 4.57 Å². The van der Waals surface area contributed by atoms with E-state index < -0.39 is 0 Å². The molecule has 5 nitrogen and oxygen atoms in total. The van der Waals surface area contributed by atoms with Crippen LogP contribution in [0.15, 0.2) is 60.7 Å². The number of phenols is 2. The number of nitrogens with zero attached hydrogens (tertiary/aromatic N) is 1. The highest BCUT2D eigenvalue weighted by Crippen LogP contribution is 2.37. The smallest absolute Gasteiger partial charge is 0.161 e. The minimum absolute atomic E-state index is 0.230. The molecule has 0 atom stereocenters. The molecule has 0 radical (unpaired) electrons. The molecule has 0 spiro atoms. The Kier molecular flexibility index (Phi) is 5.27. The summed E-state index contributed by atoms with van der Waals surface area (Å²) < 4.78 is 13.4. The maximum Gasteiger partial charge on any atom is 0.161 e. The normalized spacial score (nSPS) is 11.0. The minimum Gasteiger partial charge on any atom is -0.508 e. The monoisotopic (exact) mass is 403 g/mol. The van der Waals surface area contributed by atoms with Crippen LogP contribution in [0, 0.1) is 6.92 Å². The largest absolute Gasteiger partial charge is 0.508 e. The van der Waals surface area contributed by atoms with Crippen LogP contribution in [0.4, 0.5) is 0 Å². The van der Waals surface area contributed by atoms with Crippen molar-refractivity contribution in [1.29, 1.82) is 0 Å². The molecule has 154 valence electrons. The molecule has 30 heavy (non-hydrogen) atoms. The van der Waals surface area contributed by atoms with Crippen molar-refractivity contribution in [3.05, 3.63) is 71.8 Å². The van der Waals surface area contributed by atoms with Gasteiger partial charge in [-0.2, -0.15) is 0 Å². The van der Waals surface area contributed by atoms with Crippen molar-refractivity contribution in [2.75, 3.05) is 13.7 Å². The fraction of sp³-hybridized carbons (Fsp3) is 0.200. The molecular formula is C25H25NO4. The first-order valence-electron chi connectivity index (χ1n) is 9.92. The van der Waals surface area contributed by atoms with Crippen molar-refractivity contribution < 1.29 is 19.7 Å². The summed E-state index contributed by atoms with van der Waals surface area (Å²) in [6, 6.07) is 18.6. The fourth-order valence-corrected chi connectivity index (χ4v) is 3.93. The van der Waals surface area contributed by atoms with Gasteiger partial charge in [0.1, 0.15) is 11.5 Å². The lowest BCUT2D eigenvalue weighted by atomic mass is 10.1. The van der Waals surface area contributed by atoms with Gasteiger partial charge in [-0.25, -0.2) is 0 Å². The Labute approximate surface area is 175 Å². The molecule has 0 bridgehead atoms. The summed E-state index contributed by atoms with van der Waals surface area (Å²) in [4.78, 5) is 0. The number of aromatic nitrogens is 1. The molecule has 0 saturated heterocycles. The maximum atomic E-state index is 10.0. The first kappa shape index (κ1) is 19.7. The highest BCUT2D eigenvalue weighted by Gasteiger charge is 2.17. The van der Waals surface area contributed by atoms with Crippen molar-refractivity contribution in [2.24, 2.45) is 0 Å². The Hall–Kier alpha value is -3.60. The van der Waals surface area contributed by atoms with Crippen LogP contribution in [0.1, 0.15) is 18.1 Å². The van der Waals surface area contributed by atoms with Gasteiger partial charge in [0.2, 0.25) is 0 Å². The van der Waals surface area contributed by atoms with E-state index in [1.807, 2.05) is 43.3 Å². The molecule has 0 aliphatic carbocycles. The molecule has 0 aliphatic rings. The predicted molar refractivity (Wildman–Crippen MR) is 119 cm³/mol. The zero-order valence-electron chi connectivity index (χ0n) is 17.3. The van der Waals surface area contributed by atoms with Crippen LogP contribution in [0.2, 0.25) is 0 Å². The van der Waals surface area contributed by atoms with E-state index in [-0.39, 0.29) is 11.5 Å². The molecule has 4 rings (SSSR count). The first-order valence-corrected chi connectivity index (χ1v) is 9.92. The van der Waals surface area contributed by atoms with Crippen LogP contribution in [-0.2, 0) is 6.54 Å². The predicted octanol–water partition coefficient (Wildman–Crippen LogP) is 5.48. The van der Waals surface area contributed by atoms with Gasteiger partial charge < -0.3 is 24.3 Å². The highest BCUT2D eigenvalue weighted by atomic mass is 16.5. The molecule has 2 N–H and O–H groups in total. The van der Waals surface area contributed by atoms with Crippen LogP contribution in [0.25, 0.3) is 22.2 Å². The van der Waals surface area contributed by atoms with Crippen molar-refractivity contribution >= 4 is 10.9 Å². The van der Waals surface area contributed by atoms with Gasteiger partial charge in [-0.3, -0.25) is 0 Å². The van der Waals surface area contributed by atoms with E-state index in [2.05, 4.69) is 11.5 Å². The Morgan fingerprint density at radius 3 is 2.30 bits per heavy atom. The molecule has 3 aromatic carbocycles. The summed E-state index contributed by atoms with van der Waals surface area (Å²) in [6.07, 6.45) is 0. The Bertz CT molecular complexity index is 1190. The number of aromatic hydroxyl groups is 2. The summed E-state index contributed by atoms with van der Waals surface area (Å²) in [6.45, 7) is 5.19. The molecule has 4 aromatic rings. The molecule has 0 saturated carbocycles. The Balaban J connectivity index is 1.87. The quantitative estimate of drug-likeness (QED) is 0.447.